The molecule has 8 aromatic heterocycles. The summed E-state index contributed by atoms with van der Waals surface area (Å²) in [5.41, 5.74) is 22.5. The Kier molecular flexibility index (Phi) is 27.4. The van der Waals surface area contributed by atoms with Crippen LogP contribution in [0.4, 0.5) is 23.1 Å². The number of para-hydroxylation sites is 4. The van der Waals surface area contributed by atoms with E-state index < -0.39 is 17.7 Å². The molecule has 6 atom stereocenters. The highest BCUT2D eigenvalue weighted by atomic mass is 16.5. The number of amides is 3. The number of pyridine rings is 1. The number of carbonyl (C=O) groups excluding carboxylic acids is 5. The van der Waals surface area contributed by atoms with Gasteiger partial charge in [0, 0.05) is 92.2 Å². The third kappa shape index (κ3) is 20.0. The first-order valence-corrected chi connectivity index (χ1v) is 46.8. The summed E-state index contributed by atoms with van der Waals surface area (Å²) in [5, 5.41) is 29.4. The van der Waals surface area contributed by atoms with E-state index in [0.29, 0.717) is 173 Å². The molecule has 140 heavy (non-hydrogen) atoms. The quantitative estimate of drug-likeness (QED) is 0.0178. The summed E-state index contributed by atoms with van der Waals surface area (Å²) in [5.74, 6) is 3.22. The van der Waals surface area contributed by atoms with Crippen LogP contribution in [0.1, 0.15) is 75.5 Å². The number of likely N-dealkylation sites (tertiary alicyclic amines) is 4. The first-order valence-electron chi connectivity index (χ1n) is 46.8. The van der Waals surface area contributed by atoms with Gasteiger partial charge in [0.05, 0.1) is 45.7 Å². The van der Waals surface area contributed by atoms with E-state index >= 15 is 0 Å². The summed E-state index contributed by atoms with van der Waals surface area (Å²) in [4.78, 5) is 110. The predicted octanol–water partition coefficient (Wildman–Crippen LogP) is 18.5. The molecule has 0 radical (unpaired) electrons. The average molecular weight is 1870 g/mol. The van der Waals surface area contributed by atoms with Crippen LogP contribution in [-0.2, 0) is 24.0 Å². The van der Waals surface area contributed by atoms with Gasteiger partial charge in [-0.05, 0) is 240 Å². The third-order valence-electron chi connectivity index (χ3n) is 25.8. The Morgan fingerprint density at radius 2 is 0.679 bits per heavy atom. The molecule has 8 aromatic carbocycles. The molecule has 0 aliphatic carbocycles. The number of fused-ring (bicyclic) bond motifs is 4. The van der Waals surface area contributed by atoms with Crippen molar-refractivity contribution in [3.05, 3.63) is 313 Å². The minimum atomic E-state index is -0.977. The van der Waals surface area contributed by atoms with Crippen molar-refractivity contribution in [2.24, 2.45) is 11.8 Å². The zero-order valence-corrected chi connectivity index (χ0v) is 77.0. The molecule has 6 N–H and O–H groups in total. The molecule has 12 heterocycles. The van der Waals surface area contributed by atoms with E-state index in [-0.39, 0.29) is 73.0 Å². The standard InChI is InChI=1S/C54H52N12O4.C54H51N11O5/c1-4-35(3)60-51-47-49(37-22-26-43(27-23-37)70-41-18-10-7-11-19-41)62-65(53(47)59-34-57-51)38-14-12-28-63(30-38)32-44(45(67)5-2)54(68)64-29-13-15-39(31-64)66-52-46(50(55)56-33-58-52)48(61-66)36-20-24-42(25-21-36)69-40-16-8-6-9-17-40;1-3-45(66)43(33-62-29-11-13-37(31-62)64-52-47(44(55)27-28-56-52)49(60-64)35-19-23-41(24-20-35)69-39-15-7-5-8-16-39)54(68)63-30-12-14-38(32-63)65-53-48(51(57-34-58-53)59-46(67)4-2)50(61-65)36-21-25-42(26-22-36)70-40-17-9-6-10-18-40/h4-11,16-27,33-34,38-39,44H,1-3,12-15,28-32H2,(H2,55,56,58)(H,57,59,60);3-10,15-28,34,37-38,43H,1-2,11-14,29-33H2,(H2,55,56)(H,57,58,59,67)/t38?,39-,44?;37?,38-,43?/m11/s1. The SMILES string of the molecule is C=CC(=C)Nc1ncnc2c1c(-c1ccc(Oc3ccccc3)cc1)nn2C1CCCN(CC(C(=O)C=C)C(=O)N2CCC[C@@H](n3nc(-c4ccc(Oc5ccccc5)cc4)c4c(N)ncnc43)C2)C1.C=CC(=O)Nc1ncnc2c1c(-c1ccc(Oc3ccccc3)cc1)nn2[C@@H]1CCCN(C(=O)C(CN2CCCC(n3nc(-c4ccc(Oc5ccccc5)cc4)c4c(N)ccnc43)C2)C(=O)C=C)C1. The predicted molar refractivity (Wildman–Crippen MR) is 538 cm³/mol. The molecule has 0 saturated carbocycles. The maximum atomic E-state index is 14.7. The molecule has 32 heteroatoms. The van der Waals surface area contributed by atoms with Crippen LogP contribution in [0.5, 0.6) is 46.0 Å². The highest BCUT2D eigenvalue weighted by molar-refractivity contribution is 6.09. The van der Waals surface area contributed by atoms with Crippen LogP contribution < -0.4 is 41.0 Å². The Labute approximate surface area is 807 Å². The number of nitrogen functional groups attached to an aromatic ring is 2. The average Bonchev–Trinajstić information content (AvgIpc) is 1.62. The highest BCUT2D eigenvalue weighted by Crippen LogP contribution is 2.43. The molecule has 32 nitrogen and oxygen atoms in total. The maximum absolute atomic E-state index is 14.7. The van der Waals surface area contributed by atoms with E-state index in [1.165, 1.54) is 37.2 Å². The van der Waals surface area contributed by atoms with E-state index in [1.807, 2.05) is 237 Å². The van der Waals surface area contributed by atoms with Crippen molar-refractivity contribution in [3.8, 4) is 91.0 Å². The van der Waals surface area contributed by atoms with Crippen LogP contribution in [0.25, 0.3) is 89.2 Å². The number of ketones is 2. The fourth-order valence-corrected chi connectivity index (χ4v) is 19.0. The second kappa shape index (κ2) is 41.7. The van der Waals surface area contributed by atoms with Crippen molar-refractivity contribution >= 4 is 96.6 Å². The van der Waals surface area contributed by atoms with Crippen molar-refractivity contribution in [2.45, 2.75) is 75.5 Å². The minimum absolute atomic E-state index is 0.105. The number of piperidine rings is 4. The largest absolute Gasteiger partial charge is 0.457 e. The maximum Gasteiger partial charge on any atom is 0.248 e. The summed E-state index contributed by atoms with van der Waals surface area (Å²) in [6.45, 7) is 23.7. The lowest BCUT2D eigenvalue weighted by Crippen LogP contribution is -2.50. The molecular weight excluding hydrogens is 1760 g/mol. The lowest BCUT2D eigenvalue weighted by atomic mass is 9.96. The zero-order valence-electron chi connectivity index (χ0n) is 77.0. The molecule has 0 spiro atoms. The van der Waals surface area contributed by atoms with E-state index in [1.54, 1.807) is 28.1 Å². The topological polar surface area (TPSA) is 373 Å². The van der Waals surface area contributed by atoms with Gasteiger partial charge >= 0.3 is 0 Å². The molecule has 0 bridgehead atoms. The van der Waals surface area contributed by atoms with Crippen molar-refractivity contribution in [1.29, 1.82) is 0 Å². The van der Waals surface area contributed by atoms with Crippen LogP contribution in [0.15, 0.2) is 313 Å². The zero-order chi connectivity index (χ0) is 96.3. The Balaban J connectivity index is 0.000000178. The number of ether oxygens (including phenoxy) is 4. The van der Waals surface area contributed by atoms with Crippen molar-refractivity contribution in [3.63, 3.8) is 0 Å². The van der Waals surface area contributed by atoms with Crippen LogP contribution in [-0.4, -0.2) is 188 Å². The van der Waals surface area contributed by atoms with Gasteiger partial charge in [-0.1, -0.05) is 106 Å². The lowest BCUT2D eigenvalue weighted by molar-refractivity contribution is -0.143. The number of carbonyl (C=O) groups is 5. The summed E-state index contributed by atoms with van der Waals surface area (Å²) in [6, 6.07) is 70.0. The number of nitrogens with two attached hydrogens (primary N) is 2. The molecule has 4 saturated heterocycles. The minimum Gasteiger partial charge on any atom is -0.457 e. The Morgan fingerprint density at radius 1 is 0.357 bits per heavy atom. The number of hydrogen-bond donors (Lipinski definition) is 4. The molecule has 16 aromatic rings. The van der Waals surface area contributed by atoms with Crippen LogP contribution in [0, 0.1) is 11.8 Å². The van der Waals surface area contributed by atoms with E-state index in [9.17, 15) is 24.0 Å². The summed E-state index contributed by atoms with van der Waals surface area (Å²) in [6.07, 6.45) is 17.4. The monoisotopic (exact) mass is 1870 g/mol. The van der Waals surface area contributed by atoms with Crippen molar-refractivity contribution in [1.82, 2.24) is 93.6 Å². The highest BCUT2D eigenvalue weighted by Gasteiger charge is 2.41. The number of nitrogens with one attached hydrogen (secondary N) is 2. The smallest absolute Gasteiger partial charge is 0.248 e. The van der Waals surface area contributed by atoms with E-state index in [0.717, 1.165) is 82.4 Å². The molecule has 704 valence electrons. The summed E-state index contributed by atoms with van der Waals surface area (Å²) < 4.78 is 31.8. The fraction of sp³-hybridized carbons (Fsp3) is 0.222. The number of allylic oxidation sites excluding steroid dienone is 3. The van der Waals surface area contributed by atoms with Crippen molar-refractivity contribution in [2.75, 3.05) is 87.5 Å². The number of anilines is 4. The van der Waals surface area contributed by atoms with Gasteiger partial charge in [-0.15, -0.1) is 0 Å². The van der Waals surface area contributed by atoms with E-state index in [4.69, 9.17) is 60.8 Å². The van der Waals surface area contributed by atoms with Gasteiger partial charge in [-0.2, -0.15) is 20.4 Å². The second-order valence-electron chi connectivity index (χ2n) is 35.0. The molecule has 3 amide bonds. The number of aromatic nitrogens is 15. The molecular formula is C108H103N23O9. The number of nitrogens with zero attached hydrogens (tertiary/aromatic N) is 19. The van der Waals surface area contributed by atoms with Crippen LogP contribution in [0.2, 0.25) is 0 Å². The first kappa shape index (κ1) is 92.1. The summed E-state index contributed by atoms with van der Waals surface area (Å²) in [7, 11) is 0. The number of hydrogen-bond acceptors (Lipinski definition) is 25. The lowest BCUT2D eigenvalue weighted by Gasteiger charge is -2.37. The molecule has 4 fully saturated rings. The van der Waals surface area contributed by atoms with Gasteiger partial charge in [-0.25, -0.2) is 53.6 Å². The van der Waals surface area contributed by atoms with Gasteiger partial charge < -0.3 is 50.8 Å². The number of benzene rings is 8. The van der Waals surface area contributed by atoms with Crippen LogP contribution in [0.3, 0.4) is 0 Å². The van der Waals surface area contributed by atoms with Crippen LogP contribution >= 0.6 is 0 Å². The Bertz CT molecular complexity index is 7270. The Morgan fingerprint density at radius 3 is 1.04 bits per heavy atom. The van der Waals surface area contributed by atoms with Gasteiger partial charge in [-0.3, -0.25) is 33.8 Å². The van der Waals surface area contributed by atoms with Gasteiger partial charge in [0.25, 0.3) is 0 Å². The molecule has 4 aliphatic rings. The summed E-state index contributed by atoms with van der Waals surface area (Å²) >= 11 is 0. The second-order valence-corrected chi connectivity index (χ2v) is 35.0. The van der Waals surface area contributed by atoms with Crippen molar-refractivity contribution < 1.29 is 42.9 Å². The normalized spacial score (nSPS) is 16.7. The third-order valence-corrected chi connectivity index (χ3v) is 25.8. The van der Waals surface area contributed by atoms with Gasteiger partial charge in [0.15, 0.2) is 34.2 Å². The molecule has 20 rings (SSSR count). The molecule has 4 unspecified atom stereocenters. The van der Waals surface area contributed by atoms with E-state index in [2.05, 4.69) is 78.2 Å². The Hall–Kier alpha value is -17.0. The molecule has 4 aliphatic heterocycles. The van der Waals surface area contributed by atoms with Gasteiger partial charge in [0.2, 0.25) is 17.7 Å². The fourth-order valence-electron chi connectivity index (χ4n) is 19.0. The first-order chi connectivity index (χ1) is 68.5. The van der Waals surface area contributed by atoms with Gasteiger partial charge in [0.1, 0.15) is 117 Å². The number of rotatable bonds is 31.